The molecule has 0 aromatic heterocycles. The van der Waals surface area contributed by atoms with E-state index in [1.807, 2.05) is 6.92 Å². The first-order chi connectivity index (χ1) is 7.15. The Morgan fingerprint density at radius 3 is 2.47 bits per heavy atom. The van der Waals surface area contributed by atoms with Crippen LogP contribution in [-0.2, 0) is 0 Å². The highest BCUT2D eigenvalue weighted by atomic mass is 16.5. The van der Waals surface area contributed by atoms with E-state index in [1.165, 1.54) is 11.1 Å². The first kappa shape index (κ1) is 11.6. The quantitative estimate of drug-likeness (QED) is 0.703. The van der Waals surface area contributed by atoms with E-state index in [-0.39, 0.29) is 0 Å². The Bertz CT molecular complexity index is 377. The van der Waals surface area contributed by atoms with Crippen molar-refractivity contribution in [1.29, 1.82) is 5.26 Å². The van der Waals surface area contributed by atoms with Crippen molar-refractivity contribution in [2.24, 2.45) is 0 Å². The van der Waals surface area contributed by atoms with Gasteiger partial charge in [-0.2, -0.15) is 5.26 Å². The van der Waals surface area contributed by atoms with Gasteiger partial charge in [-0.15, -0.1) is 0 Å². The molecule has 0 radical (unpaired) electrons. The van der Waals surface area contributed by atoms with Gasteiger partial charge in [-0.05, 0) is 49.9 Å². The Morgan fingerprint density at radius 2 is 1.80 bits per heavy atom. The molecule has 0 fully saturated rings. The van der Waals surface area contributed by atoms with E-state index in [0.29, 0.717) is 13.0 Å². The van der Waals surface area contributed by atoms with Gasteiger partial charge in [-0.25, -0.2) is 0 Å². The summed E-state index contributed by atoms with van der Waals surface area (Å²) in [5, 5.41) is 8.39. The van der Waals surface area contributed by atoms with Gasteiger partial charge >= 0.3 is 0 Å². The van der Waals surface area contributed by atoms with Crippen molar-refractivity contribution in [3.05, 3.63) is 28.8 Å². The second-order valence-corrected chi connectivity index (χ2v) is 3.81. The number of aryl methyl sites for hydroxylation is 3. The van der Waals surface area contributed by atoms with Gasteiger partial charge in [0.25, 0.3) is 0 Å². The van der Waals surface area contributed by atoms with Crippen molar-refractivity contribution in [2.45, 2.75) is 33.6 Å². The fourth-order valence-corrected chi connectivity index (χ4v) is 1.42. The Labute approximate surface area is 91.5 Å². The standard InChI is InChI=1S/C13H17NO/c1-10-8-12(3)13(9-11(10)2)15-7-5-4-6-14/h8-9H,4-5,7H2,1-3H3. The predicted octanol–water partition coefficient (Wildman–Crippen LogP) is 3.29. The second kappa shape index (κ2) is 5.41. The van der Waals surface area contributed by atoms with Crippen LogP contribution in [0.4, 0.5) is 0 Å². The molecule has 0 N–H and O–H groups in total. The van der Waals surface area contributed by atoms with Crippen molar-refractivity contribution in [2.75, 3.05) is 6.61 Å². The van der Waals surface area contributed by atoms with Crippen molar-refractivity contribution in [3.63, 3.8) is 0 Å². The third-order valence-electron chi connectivity index (χ3n) is 2.48. The SMILES string of the molecule is Cc1cc(C)c(OCCCC#N)cc1C. The van der Waals surface area contributed by atoms with Crippen LogP contribution in [0.1, 0.15) is 29.5 Å². The second-order valence-electron chi connectivity index (χ2n) is 3.81. The highest BCUT2D eigenvalue weighted by Crippen LogP contribution is 2.22. The van der Waals surface area contributed by atoms with Crippen LogP contribution in [0.5, 0.6) is 5.75 Å². The van der Waals surface area contributed by atoms with Gasteiger partial charge in [-0.3, -0.25) is 0 Å². The molecule has 0 atom stereocenters. The van der Waals surface area contributed by atoms with Crippen LogP contribution in [0.15, 0.2) is 12.1 Å². The van der Waals surface area contributed by atoms with Crippen LogP contribution in [0, 0.1) is 32.1 Å². The molecule has 0 unspecified atom stereocenters. The minimum atomic E-state index is 0.559. The van der Waals surface area contributed by atoms with Crippen LogP contribution in [0.2, 0.25) is 0 Å². The van der Waals surface area contributed by atoms with Crippen molar-refractivity contribution in [3.8, 4) is 11.8 Å². The van der Waals surface area contributed by atoms with Gasteiger partial charge in [-0.1, -0.05) is 6.07 Å². The van der Waals surface area contributed by atoms with E-state index in [0.717, 1.165) is 17.7 Å². The first-order valence-electron chi connectivity index (χ1n) is 5.22. The zero-order valence-corrected chi connectivity index (χ0v) is 9.63. The lowest BCUT2D eigenvalue weighted by molar-refractivity contribution is 0.310. The summed E-state index contributed by atoms with van der Waals surface area (Å²) < 4.78 is 5.62. The smallest absolute Gasteiger partial charge is 0.122 e. The maximum Gasteiger partial charge on any atom is 0.122 e. The summed E-state index contributed by atoms with van der Waals surface area (Å²) in [4.78, 5) is 0. The maximum atomic E-state index is 8.39. The lowest BCUT2D eigenvalue weighted by atomic mass is 10.1. The molecule has 0 aliphatic rings. The fraction of sp³-hybridized carbons (Fsp3) is 0.462. The molecule has 80 valence electrons. The zero-order chi connectivity index (χ0) is 11.3. The number of nitrogens with zero attached hydrogens (tertiary/aromatic N) is 1. The molecule has 2 nitrogen and oxygen atoms in total. The Balaban J connectivity index is 2.62. The number of benzene rings is 1. The maximum absolute atomic E-state index is 8.39. The van der Waals surface area contributed by atoms with Gasteiger partial charge in [0.2, 0.25) is 0 Å². The van der Waals surface area contributed by atoms with E-state index >= 15 is 0 Å². The first-order valence-corrected chi connectivity index (χ1v) is 5.22. The number of rotatable bonds is 4. The van der Waals surface area contributed by atoms with Crippen LogP contribution >= 0.6 is 0 Å². The number of unbranched alkanes of at least 4 members (excludes halogenated alkanes) is 1. The van der Waals surface area contributed by atoms with Gasteiger partial charge in [0, 0.05) is 6.42 Å². The monoisotopic (exact) mass is 203 g/mol. The molecule has 0 amide bonds. The number of hydrogen-bond acceptors (Lipinski definition) is 2. The molecule has 0 aliphatic carbocycles. The van der Waals surface area contributed by atoms with Crippen molar-refractivity contribution >= 4 is 0 Å². The minimum Gasteiger partial charge on any atom is -0.493 e. The molecule has 2 heteroatoms. The minimum absolute atomic E-state index is 0.559. The van der Waals surface area contributed by atoms with Gasteiger partial charge in [0.05, 0.1) is 12.7 Å². The molecule has 0 saturated heterocycles. The molecule has 15 heavy (non-hydrogen) atoms. The van der Waals surface area contributed by atoms with E-state index in [9.17, 15) is 0 Å². The fourth-order valence-electron chi connectivity index (χ4n) is 1.42. The molecule has 0 bridgehead atoms. The van der Waals surface area contributed by atoms with Gasteiger partial charge in [0.15, 0.2) is 0 Å². The average molecular weight is 203 g/mol. The third-order valence-corrected chi connectivity index (χ3v) is 2.48. The molecule has 0 heterocycles. The zero-order valence-electron chi connectivity index (χ0n) is 9.63. The van der Waals surface area contributed by atoms with Crippen LogP contribution < -0.4 is 4.74 Å². The summed E-state index contributed by atoms with van der Waals surface area (Å²) in [5.41, 5.74) is 3.70. The molecule has 0 aliphatic heterocycles. The summed E-state index contributed by atoms with van der Waals surface area (Å²) >= 11 is 0. The Hall–Kier alpha value is -1.49. The summed E-state index contributed by atoms with van der Waals surface area (Å²) in [6.45, 7) is 6.85. The molecule has 0 saturated carbocycles. The summed E-state index contributed by atoms with van der Waals surface area (Å²) in [6, 6.07) is 6.31. The molecule has 1 aromatic rings. The predicted molar refractivity (Wildman–Crippen MR) is 61.0 cm³/mol. The number of ether oxygens (including phenoxy) is 1. The van der Waals surface area contributed by atoms with Gasteiger partial charge < -0.3 is 4.74 Å². The number of nitriles is 1. The van der Waals surface area contributed by atoms with E-state index in [4.69, 9.17) is 10.00 Å². The largest absolute Gasteiger partial charge is 0.493 e. The van der Waals surface area contributed by atoms with E-state index in [1.54, 1.807) is 0 Å². The molecule has 1 rings (SSSR count). The van der Waals surface area contributed by atoms with Crippen LogP contribution in [0.3, 0.4) is 0 Å². The Kier molecular flexibility index (Phi) is 4.17. The van der Waals surface area contributed by atoms with Crippen LogP contribution in [-0.4, -0.2) is 6.61 Å². The highest BCUT2D eigenvalue weighted by molar-refractivity contribution is 5.40. The Morgan fingerprint density at radius 1 is 1.13 bits per heavy atom. The lowest BCUT2D eigenvalue weighted by Crippen LogP contribution is -1.99. The van der Waals surface area contributed by atoms with Crippen molar-refractivity contribution in [1.82, 2.24) is 0 Å². The van der Waals surface area contributed by atoms with E-state index in [2.05, 4.69) is 32.0 Å². The summed E-state index contributed by atoms with van der Waals surface area (Å²) in [5.74, 6) is 0.941. The molecular formula is C13H17NO. The lowest BCUT2D eigenvalue weighted by Gasteiger charge is -2.10. The van der Waals surface area contributed by atoms with Crippen molar-refractivity contribution < 1.29 is 4.74 Å². The average Bonchev–Trinajstić information content (AvgIpc) is 2.20. The van der Waals surface area contributed by atoms with Crippen LogP contribution in [0.25, 0.3) is 0 Å². The summed E-state index contributed by atoms with van der Waals surface area (Å²) in [7, 11) is 0. The highest BCUT2D eigenvalue weighted by Gasteiger charge is 2.02. The molecule has 0 spiro atoms. The van der Waals surface area contributed by atoms with E-state index < -0.39 is 0 Å². The molecular weight excluding hydrogens is 186 g/mol. The third kappa shape index (κ3) is 3.28. The summed E-state index contributed by atoms with van der Waals surface area (Å²) in [6.07, 6.45) is 1.35. The normalized spacial score (nSPS) is 9.73. The number of hydrogen-bond donors (Lipinski definition) is 0. The molecule has 1 aromatic carbocycles. The van der Waals surface area contributed by atoms with Gasteiger partial charge in [0.1, 0.15) is 5.75 Å². The topological polar surface area (TPSA) is 33.0 Å².